The summed E-state index contributed by atoms with van der Waals surface area (Å²) in [4.78, 5) is 25.4. The lowest BCUT2D eigenvalue weighted by atomic mass is 9.98. The van der Waals surface area contributed by atoms with Gasteiger partial charge in [-0.3, -0.25) is 0 Å². The van der Waals surface area contributed by atoms with Crippen molar-refractivity contribution >= 4 is 12.0 Å². The largest absolute Gasteiger partial charge is 0.480 e. The molecule has 2 bridgehead atoms. The first kappa shape index (κ1) is 15.1. The normalized spacial score (nSPS) is 31.8. The summed E-state index contributed by atoms with van der Waals surface area (Å²) in [7, 11) is 0. The fourth-order valence-corrected chi connectivity index (χ4v) is 3.37. The number of carboxylic acid groups (broad SMARTS) is 1. The van der Waals surface area contributed by atoms with Crippen LogP contribution in [0.15, 0.2) is 0 Å². The van der Waals surface area contributed by atoms with Crippen molar-refractivity contribution in [3.05, 3.63) is 0 Å². The van der Waals surface area contributed by atoms with E-state index < -0.39 is 12.0 Å². The summed E-state index contributed by atoms with van der Waals surface area (Å²) in [6.07, 6.45) is 3.37. The number of piperidine rings is 1. The third-order valence-corrected chi connectivity index (χ3v) is 4.70. The van der Waals surface area contributed by atoms with Gasteiger partial charge in [-0.1, -0.05) is 20.3 Å². The Balaban J connectivity index is 2.03. The van der Waals surface area contributed by atoms with E-state index in [2.05, 4.69) is 5.32 Å². The Morgan fingerprint density at radius 2 is 1.85 bits per heavy atom. The standard InChI is InChI=1S/C14H24N2O4/c1-3-8(2)12(13(18)19)15-14(20)16-9-4-5-10(16)7-11(17)6-9/h8-12,17H,3-7H2,1-2H3,(H,15,20)(H,18,19)/t8-,9?,10?,11?,12-/m0/s1. The number of fused-ring (bicyclic) bond motifs is 2. The molecule has 2 aliphatic rings. The minimum atomic E-state index is -0.989. The molecule has 114 valence electrons. The second-order valence-corrected chi connectivity index (χ2v) is 6.07. The summed E-state index contributed by atoms with van der Waals surface area (Å²) in [5.41, 5.74) is 0. The van der Waals surface area contributed by atoms with Gasteiger partial charge in [0.05, 0.1) is 6.10 Å². The van der Waals surface area contributed by atoms with Crippen LogP contribution in [0.4, 0.5) is 4.79 Å². The van der Waals surface area contributed by atoms with Crippen LogP contribution in [0.25, 0.3) is 0 Å². The molecule has 0 aromatic carbocycles. The Morgan fingerprint density at radius 1 is 1.30 bits per heavy atom. The number of amides is 2. The van der Waals surface area contributed by atoms with Gasteiger partial charge in [-0.25, -0.2) is 9.59 Å². The van der Waals surface area contributed by atoms with E-state index in [0.29, 0.717) is 19.3 Å². The first-order valence-corrected chi connectivity index (χ1v) is 7.43. The van der Waals surface area contributed by atoms with E-state index in [1.165, 1.54) is 0 Å². The molecular weight excluding hydrogens is 260 g/mol. The molecule has 2 saturated heterocycles. The quantitative estimate of drug-likeness (QED) is 0.723. The van der Waals surface area contributed by atoms with Gasteiger partial charge in [-0.2, -0.15) is 0 Å². The number of carboxylic acids is 1. The van der Waals surface area contributed by atoms with Gasteiger partial charge >= 0.3 is 12.0 Å². The molecule has 2 heterocycles. The smallest absolute Gasteiger partial charge is 0.326 e. The fourth-order valence-electron chi connectivity index (χ4n) is 3.37. The van der Waals surface area contributed by atoms with Gasteiger partial charge in [0, 0.05) is 12.1 Å². The topological polar surface area (TPSA) is 89.9 Å². The predicted molar refractivity (Wildman–Crippen MR) is 73.3 cm³/mol. The summed E-state index contributed by atoms with van der Waals surface area (Å²) >= 11 is 0. The van der Waals surface area contributed by atoms with Crippen LogP contribution < -0.4 is 5.32 Å². The van der Waals surface area contributed by atoms with E-state index >= 15 is 0 Å². The number of aliphatic carboxylic acids is 1. The van der Waals surface area contributed by atoms with Gasteiger partial charge in [0.2, 0.25) is 0 Å². The maximum absolute atomic E-state index is 12.4. The Kier molecular flexibility index (Phi) is 4.52. The van der Waals surface area contributed by atoms with Gasteiger partial charge in [0.1, 0.15) is 6.04 Å². The van der Waals surface area contributed by atoms with Crippen LogP contribution in [0.1, 0.15) is 46.0 Å². The lowest BCUT2D eigenvalue weighted by molar-refractivity contribution is -0.140. The highest BCUT2D eigenvalue weighted by molar-refractivity contribution is 5.83. The molecule has 0 aliphatic carbocycles. The van der Waals surface area contributed by atoms with Gasteiger partial charge in [-0.05, 0) is 31.6 Å². The molecule has 0 radical (unpaired) electrons. The summed E-state index contributed by atoms with van der Waals surface area (Å²) < 4.78 is 0. The van der Waals surface area contributed by atoms with Gasteiger partial charge in [0.15, 0.2) is 0 Å². The van der Waals surface area contributed by atoms with E-state index in [-0.39, 0.29) is 30.1 Å². The molecule has 0 aromatic rings. The van der Waals surface area contributed by atoms with Crippen molar-refractivity contribution in [1.29, 1.82) is 0 Å². The van der Waals surface area contributed by atoms with Crippen LogP contribution in [0.2, 0.25) is 0 Å². The highest BCUT2D eigenvalue weighted by atomic mass is 16.4. The van der Waals surface area contributed by atoms with Crippen molar-refractivity contribution in [2.75, 3.05) is 0 Å². The molecular formula is C14H24N2O4. The van der Waals surface area contributed by atoms with Gasteiger partial charge in [-0.15, -0.1) is 0 Å². The van der Waals surface area contributed by atoms with E-state index in [9.17, 15) is 19.8 Å². The highest BCUT2D eigenvalue weighted by Crippen LogP contribution is 2.35. The lowest BCUT2D eigenvalue weighted by Crippen LogP contribution is -2.56. The number of aliphatic hydroxyl groups excluding tert-OH is 1. The number of urea groups is 1. The zero-order chi connectivity index (χ0) is 14.9. The number of hydrogen-bond donors (Lipinski definition) is 3. The van der Waals surface area contributed by atoms with Crippen molar-refractivity contribution in [2.45, 2.75) is 70.2 Å². The average Bonchev–Trinajstić information content (AvgIpc) is 2.67. The zero-order valence-corrected chi connectivity index (χ0v) is 12.1. The minimum Gasteiger partial charge on any atom is -0.480 e. The SMILES string of the molecule is CC[C@H](C)[C@H](NC(=O)N1C2CCC1CC(O)C2)C(=O)O. The van der Waals surface area contributed by atoms with Crippen LogP contribution in [-0.4, -0.2) is 51.3 Å². The fraction of sp³-hybridized carbons (Fsp3) is 0.857. The van der Waals surface area contributed by atoms with Crippen LogP contribution in [0, 0.1) is 5.92 Å². The first-order chi connectivity index (χ1) is 9.43. The molecule has 2 unspecified atom stereocenters. The second-order valence-electron chi connectivity index (χ2n) is 6.07. The number of nitrogens with one attached hydrogen (secondary N) is 1. The van der Waals surface area contributed by atoms with Crippen molar-refractivity contribution in [2.24, 2.45) is 5.92 Å². The van der Waals surface area contributed by atoms with E-state index in [1.54, 1.807) is 4.90 Å². The predicted octanol–water partition coefficient (Wildman–Crippen LogP) is 1.18. The van der Waals surface area contributed by atoms with Gasteiger partial charge < -0.3 is 20.4 Å². The van der Waals surface area contributed by atoms with Crippen LogP contribution >= 0.6 is 0 Å². The molecule has 0 saturated carbocycles. The highest BCUT2D eigenvalue weighted by Gasteiger charge is 2.43. The van der Waals surface area contributed by atoms with Crippen LogP contribution in [0.5, 0.6) is 0 Å². The monoisotopic (exact) mass is 284 g/mol. The lowest BCUT2D eigenvalue weighted by Gasteiger charge is -2.38. The Bertz CT molecular complexity index is 373. The number of nitrogens with zero attached hydrogens (tertiary/aromatic N) is 1. The molecule has 2 aliphatic heterocycles. The summed E-state index contributed by atoms with van der Waals surface area (Å²) in [5.74, 6) is -1.10. The third-order valence-electron chi connectivity index (χ3n) is 4.70. The molecule has 2 amide bonds. The van der Waals surface area contributed by atoms with Crippen molar-refractivity contribution in [3.8, 4) is 0 Å². The summed E-state index contributed by atoms with van der Waals surface area (Å²) in [6.45, 7) is 3.74. The Morgan fingerprint density at radius 3 is 2.30 bits per heavy atom. The maximum Gasteiger partial charge on any atom is 0.326 e. The molecule has 2 rings (SSSR count). The molecule has 2 fully saturated rings. The molecule has 4 atom stereocenters. The molecule has 0 spiro atoms. The average molecular weight is 284 g/mol. The Hall–Kier alpha value is -1.30. The van der Waals surface area contributed by atoms with Gasteiger partial charge in [0.25, 0.3) is 0 Å². The number of carbonyl (C=O) groups excluding carboxylic acids is 1. The molecule has 20 heavy (non-hydrogen) atoms. The summed E-state index contributed by atoms with van der Waals surface area (Å²) in [6, 6.07) is -1.04. The van der Waals surface area contributed by atoms with E-state index in [0.717, 1.165) is 12.8 Å². The molecule has 0 aromatic heterocycles. The van der Waals surface area contributed by atoms with Crippen molar-refractivity contribution in [1.82, 2.24) is 10.2 Å². The van der Waals surface area contributed by atoms with Crippen LogP contribution in [-0.2, 0) is 4.79 Å². The second kappa shape index (κ2) is 5.99. The first-order valence-electron chi connectivity index (χ1n) is 7.43. The van der Waals surface area contributed by atoms with E-state index in [4.69, 9.17) is 0 Å². The molecule has 6 nitrogen and oxygen atoms in total. The summed E-state index contributed by atoms with van der Waals surface area (Å²) in [5, 5.41) is 21.6. The maximum atomic E-state index is 12.4. The van der Waals surface area contributed by atoms with Crippen molar-refractivity contribution < 1.29 is 19.8 Å². The molecule has 3 N–H and O–H groups in total. The third kappa shape index (κ3) is 2.90. The van der Waals surface area contributed by atoms with Crippen molar-refractivity contribution in [3.63, 3.8) is 0 Å². The van der Waals surface area contributed by atoms with Crippen LogP contribution in [0.3, 0.4) is 0 Å². The Labute approximate surface area is 119 Å². The molecule has 6 heteroatoms. The van der Waals surface area contributed by atoms with E-state index in [1.807, 2.05) is 13.8 Å². The zero-order valence-electron chi connectivity index (χ0n) is 12.1. The number of aliphatic hydroxyl groups is 1. The number of carbonyl (C=O) groups is 2. The minimum absolute atomic E-state index is 0.0510. The number of hydrogen-bond acceptors (Lipinski definition) is 3. The number of rotatable bonds is 4.